The zero-order valence-corrected chi connectivity index (χ0v) is 13.8. The van der Waals surface area contributed by atoms with E-state index >= 15 is 0 Å². The van der Waals surface area contributed by atoms with E-state index in [0.29, 0.717) is 18.1 Å². The van der Waals surface area contributed by atoms with E-state index in [9.17, 15) is 9.00 Å². The summed E-state index contributed by atoms with van der Waals surface area (Å²) >= 11 is 0. The lowest BCUT2D eigenvalue weighted by Gasteiger charge is -2.24. The van der Waals surface area contributed by atoms with E-state index in [1.807, 2.05) is 56.0 Å². The van der Waals surface area contributed by atoms with E-state index in [0.717, 1.165) is 12.0 Å². The average molecular weight is 308 g/mol. The van der Waals surface area contributed by atoms with E-state index in [4.69, 9.17) is 0 Å². The Morgan fingerprint density at radius 2 is 1.95 bits per heavy atom. The molecule has 1 fully saturated rings. The summed E-state index contributed by atoms with van der Waals surface area (Å²) in [5, 5.41) is 3.45. The number of carbonyl (C=O) groups excluding carboxylic acids is 1. The van der Waals surface area contributed by atoms with E-state index in [2.05, 4.69) is 5.32 Å². The summed E-state index contributed by atoms with van der Waals surface area (Å²) in [4.78, 5) is 14.5. The highest BCUT2D eigenvalue weighted by atomic mass is 32.2. The van der Waals surface area contributed by atoms with Crippen molar-refractivity contribution in [1.82, 2.24) is 10.2 Å². The second-order valence-electron chi connectivity index (χ2n) is 5.57. The summed E-state index contributed by atoms with van der Waals surface area (Å²) in [5.74, 6) is 1.27. The Kier molecular flexibility index (Phi) is 5.17. The molecule has 0 aliphatic carbocycles. The first kappa shape index (κ1) is 16.2. The molecular weight excluding hydrogens is 284 g/mol. The van der Waals surface area contributed by atoms with Gasteiger partial charge in [0.2, 0.25) is 5.91 Å². The van der Waals surface area contributed by atoms with Gasteiger partial charge in [-0.3, -0.25) is 14.3 Å². The molecule has 1 saturated heterocycles. The summed E-state index contributed by atoms with van der Waals surface area (Å²) in [5.41, 5.74) is 0.541. The maximum atomic E-state index is 12.7. The normalized spacial score (nSPS) is 27.1. The maximum absolute atomic E-state index is 12.7. The van der Waals surface area contributed by atoms with Gasteiger partial charge < -0.3 is 4.90 Å². The van der Waals surface area contributed by atoms with Gasteiger partial charge in [-0.15, -0.1) is 0 Å². The number of hydrogen-bond acceptors (Lipinski definition) is 3. The van der Waals surface area contributed by atoms with Crippen LogP contribution < -0.4 is 5.32 Å². The number of benzene rings is 1. The van der Waals surface area contributed by atoms with Crippen LogP contribution in [0.15, 0.2) is 30.3 Å². The van der Waals surface area contributed by atoms with Crippen LogP contribution in [-0.4, -0.2) is 38.6 Å². The largest absolute Gasteiger partial charge is 0.320 e. The molecule has 1 aliphatic rings. The number of rotatable bonds is 6. The molecule has 116 valence electrons. The van der Waals surface area contributed by atoms with Crippen LogP contribution in [0, 0.1) is 0 Å². The van der Waals surface area contributed by atoms with Crippen LogP contribution in [0.5, 0.6) is 0 Å². The van der Waals surface area contributed by atoms with Crippen LogP contribution in [0.25, 0.3) is 0 Å². The van der Waals surface area contributed by atoms with Crippen molar-refractivity contribution in [2.24, 2.45) is 0 Å². The Balaban J connectivity index is 2.23. The first-order valence-corrected chi connectivity index (χ1v) is 8.99. The van der Waals surface area contributed by atoms with Gasteiger partial charge in [-0.1, -0.05) is 44.2 Å². The maximum Gasteiger partial charge on any atom is 0.244 e. The molecule has 21 heavy (non-hydrogen) atoms. The molecule has 1 aromatic carbocycles. The summed E-state index contributed by atoms with van der Waals surface area (Å²) in [6.45, 7) is 6.40. The van der Waals surface area contributed by atoms with Crippen LogP contribution in [0.3, 0.4) is 0 Å². The van der Waals surface area contributed by atoms with Gasteiger partial charge in [0.25, 0.3) is 0 Å². The van der Waals surface area contributed by atoms with Gasteiger partial charge in [-0.2, -0.15) is 0 Å². The van der Waals surface area contributed by atoms with Crippen molar-refractivity contribution < 1.29 is 9.00 Å². The lowest BCUT2D eigenvalue weighted by atomic mass is 9.99. The molecule has 3 unspecified atom stereocenters. The van der Waals surface area contributed by atoms with Crippen LogP contribution in [0.2, 0.25) is 0 Å². The van der Waals surface area contributed by atoms with Crippen LogP contribution in [0.4, 0.5) is 0 Å². The SMILES string of the molecule is CCS(=O)CCN1C(=O)C(C)(CC)NC1c1ccccc1. The van der Waals surface area contributed by atoms with Gasteiger partial charge in [-0.25, -0.2) is 0 Å². The molecule has 0 bridgehead atoms. The molecule has 1 N–H and O–H groups in total. The van der Waals surface area contributed by atoms with Crippen molar-refractivity contribution in [2.75, 3.05) is 18.1 Å². The van der Waals surface area contributed by atoms with E-state index < -0.39 is 16.3 Å². The highest BCUT2D eigenvalue weighted by Crippen LogP contribution is 2.32. The third kappa shape index (κ3) is 3.35. The number of carbonyl (C=O) groups is 1. The third-order valence-corrected chi connectivity index (χ3v) is 5.49. The van der Waals surface area contributed by atoms with Gasteiger partial charge in [0.15, 0.2) is 0 Å². The Bertz CT molecular complexity index is 520. The summed E-state index contributed by atoms with van der Waals surface area (Å²) in [6, 6.07) is 9.97. The summed E-state index contributed by atoms with van der Waals surface area (Å²) in [7, 11) is -0.858. The molecule has 5 heteroatoms. The molecule has 4 nitrogen and oxygen atoms in total. The minimum Gasteiger partial charge on any atom is -0.320 e. The molecule has 3 atom stereocenters. The number of amides is 1. The Morgan fingerprint density at radius 3 is 2.52 bits per heavy atom. The van der Waals surface area contributed by atoms with Crippen molar-refractivity contribution in [1.29, 1.82) is 0 Å². The monoisotopic (exact) mass is 308 g/mol. The van der Waals surface area contributed by atoms with Crippen molar-refractivity contribution in [2.45, 2.75) is 38.9 Å². The first-order valence-electron chi connectivity index (χ1n) is 7.50. The van der Waals surface area contributed by atoms with Crippen LogP contribution in [0.1, 0.15) is 38.9 Å². The standard InChI is InChI=1S/C16H24N2O2S/c1-4-16(3)15(19)18(11-12-21(20)5-2)14(17-16)13-9-7-6-8-10-13/h6-10,14,17H,4-5,11-12H2,1-3H3. The number of hydrogen-bond donors (Lipinski definition) is 1. The fourth-order valence-corrected chi connectivity index (χ4v) is 3.29. The van der Waals surface area contributed by atoms with E-state index in [1.165, 1.54) is 0 Å². The Morgan fingerprint density at radius 1 is 1.29 bits per heavy atom. The molecule has 1 heterocycles. The van der Waals surface area contributed by atoms with Gasteiger partial charge in [0, 0.05) is 28.9 Å². The van der Waals surface area contributed by atoms with Gasteiger partial charge >= 0.3 is 0 Å². The molecule has 1 aliphatic heterocycles. The highest BCUT2D eigenvalue weighted by molar-refractivity contribution is 7.84. The highest BCUT2D eigenvalue weighted by Gasteiger charge is 2.46. The smallest absolute Gasteiger partial charge is 0.244 e. The fourth-order valence-electron chi connectivity index (χ4n) is 2.60. The lowest BCUT2D eigenvalue weighted by molar-refractivity contribution is -0.132. The Labute approximate surface area is 129 Å². The predicted octanol–water partition coefficient (Wildman–Crippen LogP) is 2.05. The summed E-state index contributed by atoms with van der Waals surface area (Å²) < 4.78 is 11.7. The lowest BCUT2D eigenvalue weighted by Crippen LogP contribution is -2.43. The Hall–Kier alpha value is -1.20. The van der Waals surface area contributed by atoms with Crippen molar-refractivity contribution in [3.05, 3.63) is 35.9 Å². The number of nitrogens with one attached hydrogen (secondary N) is 1. The minimum atomic E-state index is -0.858. The zero-order valence-electron chi connectivity index (χ0n) is 13.0. The quantitative estimate of drug-likeness (QED) is 0.875. The van der Waals surface area contributed by atoms with Crippen LogP contribution in [-0.2, 0) is 15.6 Å². The van der Waals surface area contributed by atoms with Crippen molar-refractivity contribution in [3.8, 4) is 0 Å². The molecule has 0 spiro atoms. The molecule has 0 aromatic heterocycles. The van der Waals surface area contributed by atoms with E-state index in [-0.39, 0.29) is 12.1 Å². The topological polar surface area (TPSA) is 49.4 Å². The number of nitrogens with zero attached hydrogens (tertiary/aromatic N) is 1. The molecule has 0 saturated carbocycles. The van der Waals surface area contributed by atoms with Gasteiger partial charge in [-0.05, 0) is 18.9 Å². The first-order chi connectivity index (χ1) is 10.0. The van der Waals surface area contributed by atoms with Gasteiger partial charge in [0.05, 0.1) is 5.54 Å². The zero-order chi connectivity index (χ0) is 15.5. The second kappa shape index (κ2) is 6.71. The van der Waals surface area contributed by atoms with Gasteiger partial charge in [0.1, 0.15) is 6.17 Å². The predicted molar refractivity (Wildman–Crippen MR) is 86.3 cm³/mol. The molecule has 0 radical (unpaired) electrons. The van der Waals surface area contributed by atoms with E-state index in [1.54, 1.807) is 0 Å². The van der Waals surface area contributed by atoms with Crippen molar-refractivity contribution >= 4 is 16.7 Å². The van der Waals surface area contributed by atoms with Crippen molar-refractivity contribution in [3.63, 3.8) is 0 Å². The molecule has 1 amide bonds. The molecular formula is C16H24N2O2S. The molecule has 1 aromatic rings. The fraction of sp³-hybridized carbons (Fsp3) is 0.562. The minimum absolute atomic E-state index is 0.104. The third-order valence-electron chi connectivity index (χ3n) is 4.20. The van der Waals surface area contributed by atoms with Crippen LogP contribution >= 0.6 is 0 Å². The average Bonchev–Trinajstić information content (AvgIpc) is 2.78. The summed E-state index contributed by atoms with van der Waals surface area (Å²) in [6.07, 6.45) is 0.611. The molecule has 2 rings (SSSR count). The second-order valence-corrected chi connectivity index (χ2v) is 7.44.